The van der Waals surface area contributed by atoms with Crippen molar-refractivity contribution in [3.63, 3.8) is 0 Å². The second-order valence-electron chi connectivity index (χ2n) is 6.22. The van der Waals surface area contributed by atoms with Gasteiger partial charge in [-0.1, -0.05) is 26.8 Å². The molecule has 122 valence electrons. The number of amides is 1. The lowest BCUT2D eigenvalue weighted by molar-refractivity contribution is -0.123. The fourth-order valence-electron chi connectivity index (χ4n) is 1.74. The molecule has 1 amide bonds. The highest BCUT2D eigenvalue weighted by atomic mass is 32.2. The summed E-state index contributed by atoms with van der Waals surface area (Å²) in [6.07, 6.45) is 0. The molecule has 0 heterocycles. The Labute approximate surface area is 138 Å². The molecule has 0 spiro atoms. The molecule has 0 aliphatic rings. The molecule has 6 heteroatoms. The van der Waals surface area contributed by atoms with Gasteiger partial charge in [-0.15, -0.1) is 0 Å². The van der Waals surface area contributed by atoms with Crippen molar-refractivity contribution in [1.82, 2.24) is 0 Å². The summed E-state index contributed by atoms with van der Waals surface area (Å²) in [4.78, 5) is 12.5. The third kappa shape index (κ3) is 4.82. The lowest BCUT2D eigenvalue weighted by atomic mass is 9.95. The standard InChI is InChI=1S/C17H21N3O2S/c1-17(2,3)16(21)19-13-7-9-14(10-8-13)20-23(22)15-6-4-5-12(18)11-15/h4-11,20H,18H2,1-3H3,(H,19,21). The zero-order chi connectivity index (χ0) is 17.0. The summed E-state index contributed by atoms with van der Waals surface area (Å²) in [5.41, 5.74) is 7.20. The van der Waals surface area contributed by atoms with E-state index in [2.05, 4.69) is 10.0 Å². The van der Waals surface area contributed by atoms with Crippen LogP contribution in [0.25, 0.3) is 0 Å². The lowest BCUT2D eigenvalue weighted by Crippen LogP contribution is -2.27. The van der Waals surface area contributed by atoms with E-state index in [-0.39, 0.29) is 5.91 Å². The summed E-state index contributed by atoms with van der Waals surface area (Å²) in [5.74, 6) is -0.0541. The van der Waals surface area contributed by atoms with E-state index in [4.69, 9.17) is 5.73 Å². The van der Waals surface area contributed by atoms with Crippen LogP contribution in [-0.4, -0.2) is 10.1 Å². The third-order valence-corrected chi connectivity index (χ3v) is 4.21. The molecule has 0 saturated carbocycles. The maximum atomic E-state index is 12.2. The molecule has 0 bridgehead atoms. The van der Waals surface area contributed by atoms with Gasteiger partial charge in [-0.2, -0.15) is 0 Å². The van der Waals surface area contributed by atoms with Crippen LogP contribution in [0, 0.1) is 5.41 Å². The Morgan fingerprint density at radius 1 is 1.04 bits per heavy atom. The highest BCUT2D eigenvalue weighted by molar-refractivity contribution is 7.86. The summed E-state index contributed by atoms with van der Waals surface area (Å²) < 4.78 is 15.1. The van der Waals surface area contributed by atoms with E-state index in [0.29, 0.717) is 22.0 Å². The highest BCUT2D eigenvalue weighted by Crippen LogP contribution is 2.20. The monoisotopic (exact) mass is 331 g/mol. The Balaban J connectivity index is 2.03. The van der Waals surface area contributed by atoms with Crippen molar-refractivity contribution < 1.29 is 9.00 Å². The summed E-state index contributed by atoms with van der Waals surface area (Å²) in [7, 11) is -1.39. The predicted octanol–water partition coefficient (Wildman–Crippen LogP) is 3.39. The minimum Gasteiger partial charge on any atom is -0.399 e. The molecule has 2 aromatic rings. The van der Waals surface area contributed by atoms with Crippen molar-refractivity contribution >= 4 is 34.0 Å². The van der Waals surface area contributed by atoms with E-state index >= 15 is 0 Å². The van der Waals surface area contributed by atoms with Crippen LogP contribution in [0.15, 0.2) is 53.4 Å². The van der Waals surface area contributed by atoms with Crippen molar-refractivity contribution in [2.24, 2.45) is 5.41 Å². The van der Waals surface area contributed by atoms with Crippen molar-refractivity contribution in [2.45, 2.75) is 25.7 Å². The number of carbonyl (C=O) groups is 1. The first-order valence-corrected chi connectivity index (χ1v) is 8.36. The minimum absolute atomic E-state index is 0.0541. The second-order valence-corrected chi connectivity index (χ2v) is 7.44. The molecule has 0 aliphatic carbocycles. The average Bonchev–Trinajstić information content (AvgIpc) is 2.48. The number of benzene rings is 2. The zero-order valence-corrected chi connectivity index (χ0v) is 14.2. The van der Waals surface area contributed by atoms with Crippen LogP contribution in [0.1, 0.15) is 20.8 Å². The number of nitrogens with two attached hydrogens (primary N) is 1. The van der Waals surface area contributed by atoms with Crippen LogP contribution >= 0.6 is 0 Å². The van der Waals surface area contributed by atoms with Gasteiger partial charge in [-0.25, -0.2) is 4.21 Å². The first-order chi connectivity index (χ1) is 10.8. The largest absolute Gasteiger partial charge is 0.399 e. The first kappa shape index (κ1) is 17.0. The Bertz CT molecular complexity index is 721. The molecule has 1 atom stereocenters. The van der Waals surface area contributed by atoms with Gasteiger partial charge in [0.25, 0.3) is 0 Å². The lowest BCUT2D eigenvalue weighted by Gasteiger charge is -2.17. The minimum atomic E-state index is -1.39. The summed E-state index contributed by atoms with van der Waals surface area (Å²) in [6.45, 7) is 5.56. The van der Waals surface area contributed by atoms with E-state index < -0.39 is 16.4 Å². The molecule has 5 nitrogen and oxygen atoms in total. The van der Waals surface area contributed by atoms with Gasteiger partial charge in [0.05, 0.1) is 4.90 Å². The summed E-state index contributed by atoms with van der Waals surface area (Å²) in [5, 5.41) is 2.84. The third-order valence-electron chi connectivity index (χ3n) is 3.11. The van der Waals surface area contributed by atoms with Crippen LogP contribution in [0.4, 0.5) is 17.1 Å². The molecule has 0 aliphatic heterocycles. The van der Waals surface area contributed by atoms with Gasteiger partial charge in [0.15, 0.2) is 0 Å². The van der Waals surface area contributed by atoms with Gasteiger partial charge in [0, 0.05) is 22.5 Å². The number of anilines is 3. The van der Waals surface area contributed by atoms with Gasteiger partial charge in [0.1, 0.15) is 11.0 Å². The summed E-state index contributed by atoms with van der Waals surface area (Å²) in [6, 6.07) is 14.0. The van der Waals surface area contributed by atoms with Gasteiger partial charge in [0.2, 0.25) is 5.91 Å². The Morgan fingerprint density at radius 3 is 2.22 bits per heavy atom. The molecule has 0 radical (unpaired) electrons. The van der Waals surface area contributed by atoms with E-state index in [1.54, 1.807) is 48.5 Å². The van der Waals surface area contributed by atoms with Gasteiger partial charge < -0.3 is 15.8 Å². The molecule has 23 heavy (non-hydrogen) atoms. The molecule has 2 aromatic carbocycles. The van der Waals surface area contributed by atoms with Crippen LogP contribution in [-0.2, 0) is 15.8 Å². The SMILES string of the molecule is CC(C)(C)C(=O)Nc1ccc(NS(=O)c2cccc(N)c2)cc1. The first-order valence-electron chi connectivity index (χ1n) is 7.21. The molecule has 0 aromatic heterocycles. The molecule has 1 unspecified atom stereocenters. The quantitative estimate of drug-likeness (QED) is 0.751. The fraction of sp³-hybridized carbons (Fsp3) is 0.235. The van der Waals surface area contributed by atoms with Crippen molar-refractivity contribution in [3.05, 3.63) is 48.5 Å². The van der Waals surface area contributed by atoms with Crippen LogP contribution in [0.2, 0.25) is 0 Å². The second kappa shape index (κ2) is 6.83. The number of hydrogen-bond donors (Lipinski definition) is 3. The number of nitrogen functional groups attached to an aromatic ring is 1. The topological polar surface area (TPSA) is 84.2 Å². The molecule has 0 fully saturated rings. The number of nitrogens with one attached hydrogen (secondary N) is 2. The number of carbonyl (C=O) groups excluding carboxylic acids is 1. The van der Waals surface area contributed by atoms with E-state index in [0.717, 1.165) is 0 Å². The van der Waals surface area contributed by atoms with E-state index in [1.165, 1.54) is 0 Å². The normalized spacial score (nSPS) is 12.5. The maximum absolute atomic E-state index is 12.2. The number of rotatable bonds is 4. The van der Waals surface area contributed by atoms with Gasteiger partial charge >= 0.3 is 0 Å². The van der Waals surface area contributed by atoms with Crippen molar-refractivity contribution in [1.29, 1.82) is 0 Å². The smallest absolute Gasteiger partial charge is 0.229 e. The Hall–Kier alpha value is -2.34. The molecule has 4 N–H and O–H groups in total. The van der Waals surface area contributed by atoms with Crippen LogP contribution in [0.5, 0.6) is 0 Å². The average molecular weight is 331 g/mol. The highest BCUT2D eigenvalue weighted by Gasteiger charge is 2.21. The molecule has 0 saturated heterocycles. The van der Waals surface area contributed by atoms with Crippen molar-refractivity contribution in [2.75, 3.05) is 15.8 Å². The van der Waals surface area contributed by atoms with E-state index in [1.807, 2.05) is 20.8 Å². The zero-order valence-electron chi connectivity index (χ0n) is 13.4. The Kier molecular flexibility index (Phi) is 5.05. The van der Waals surface area contributed by atoms with E-state index in [9.17, 15) is 9.00 Å². The van der Waals surface area contributed by atoms with Crippen LogP contribution < -0.4 is 15.8 Å². The van der Waals surface area contributed by atoms with Gasteiger partial charge in [-0.3, -0.25) is 4.79 Å². The number of hydrogen-bond acceptors (Lipinski definition) is 3. The molecular formula is C17H21N3O2S. The predicted molar refractivity (Wildman–Crippen MR) is 95.4 cm³/mol. The molecular weight excluding hydrogens is 310 g/mol. The van der Waals surface area contributed by atoms with Gasteiger partial charge in [-0.05, 0) is 42.5 Å². The van der Waals surface area contributed by atoms with Crippen LogP contribution in [0.3, 0.4) is 0 Å². The molecule has 2 rings (SSSR count). The van der Waals surface area contributed by atoms with Crippen molar-refractivity contribution in [3.8, 4) is 0 Å². The maximum Gasteiger partial charge on any atom is 0.229 e. The fourth-order valence-corrected chi connectivity index (χ4v) is 2.65. The summed E-state index contributed by atoms with van der Waals surface area (Å²) >= 11 is 0. The Morgan fingerprint density at radius 2 is 1.65 bits per heavy atom.